The van der Waals surface area contributed by atoms with Gasteiger partial charge in [-0.1, -0.05) is 12.1 Å². The summed E-state index contributed by atoms with van der Waals surface area (Å²) in [5.41, 5.74) is 1.38. The summed E-state index contributed by atoms with van der Waals surface area (Å²) in [5, 5.41) is 11.0. The van der Waals surface area contributed by atoms with E-state index in [2.05, 4.69) is 15.5 Å². The van der Waals surface area contributed by atoms with Crippen molar-refractivity contribution in [3.63, 3.8) is 0 Å². The largest absolute Gasteiger partial charge is 0.324 e. The zero-order valence-electron chi connectivity index (χ0n) is 8.84. The molecule has 0 atom stereocenters. The van der Waals surface area contributed by atoms with E-state index in [1.54, 1.807) is 16.5 Å². The molecule has 0 aliphatic carbocycles. The third kappa shape index (κ3) is 1.82. The maximum atomic E-state index is 13.0. The number of pyridine rings is 1. The molecule has 0 spiro atoms. The minimum atomic E-state index is -0.288. The summed E-state index contributed by atoms with van der Waals surface area (Å²) in [6, 6.07) is 11.8. The molecule has 2 aromatic heterocycles. The van der Waals surface area contributed by atoms with Gasteiger partial charge in [0.1, 0.15) is 5.82 Å². The first-order chi connectivity index (χ1) is 8.33. The van der Waals surface area contributed by atoms with Crippen molar-refractivity contribution in [2.75, 3.05) is 5.32 Å². The van der Waals surface area contributed by atoms with Crippen molar-refractivity contribution in [2.24, 2.45) is 0 Å². The molecule has 3 rings (SSSR count). The number of halogens is 1. The Bertz CT molecular complexity index is 662. The summed E-state index contributed by atoms with van der Waals surface area (Å²) in [5.74, 6) is 0.273. The number of hydrogen-bond donors (Lipinski definition) is 1. The van der Waals surface area contributed by atoms with Gasteiger partial charge in [-0.2, -0.15) is 0 Å². The monoisotopic (exact) mass is 228 g/mol. The summed E-state index contributed by atoms with van der Waals surface area (Å²) in [7, 11) is 0. The lowest BCUT2D eigenvalue weighted by Crippen LogP contribution is -1.96. The van der Waals surface area contributed by atoms with Gasteiger partial charge < -0.3 is 5.32 Å². The highest BCUT2D eigenvalue weighted by molar-refractivity contribution is 5.56. The van der Waals surface area contributed by atoms with Crippen LogP contribution in [0.4, 0.5) is 16.0 Å². The van der Waals surface area contributed by atoms with Crippen molar-refractivity contribution in [1.29, 1.82) is 0 Å². The Morgan fingerprint density at radius 1 is 1.06 bits per heavy atom. The summed E-state index contributed by atoms with van der Waals surface area (Å²) >= 11 is 0. The van der Waals surface area contributed by atoms with E-state index in [4.69, 9.17) is 0 Å². The van der Waals surface area contributed by atoms with Crippen LogP contribution in [0.2, 0.25) is 0 Å². The molecule has 0 bridgehead atoms. The molecular formula is C12H9FN4. The number of nitrogens with one attached hydrogen (secondary N) is 1. The summed E-state index contributed by atoms with van der Waals surface area (Å²) in [6.07, 6.45) is 1.84. The summed E-state index contributed by atoms with van der Waals surface area (Å²) < 4.78 is 14.8. The van der Waals surface area contributed by atoms with Gasteiger partial charge in [0.05, 0.1) is 0 Å². The fourth-order valence-electron chi connectivity index (χ4n) is 1.62. The molecule has 0 unspecified atom stereocenters. The van der Waals surface area contributed by atoms with Crippen LogP contribution >= 0.6 is 0 Å². The molecule has 0 radical (unpaired) electrons. The lowest BCUT2D eigenvalue weighted by molar-refractivity contribution is 0.628. The minimum absolute atomic E-state index is 0.288. The van der Waals surface area contributed by atoms with Crippen LogP contribution in [-0.2, 0) is 0 Å². The van der Waals surface area contributed by atoms with Gasteiger partial charge >= 0.3 is 0 Å². The van der Waals surface area contributed by atoms with Crippen LogP contribution in [0, 0.1) is 5.82 Å². The molecule has 1 N–H and O–H groups in total. The zero-order chi connectivity index (χ0) is 11.7. The van der Waals surface area contributed by atoms with E-state index in [0.29, 0.717) is 11.6 Å². The molecule has 2 heterocycles. The second-order valence-corrected chi connectivity index (χ2v) is 3.59. The first-order valence-electron chi connectivity index (χ1n) is 5.15. The Hall–Kier alpha value is -2.43. The molecule has 84 valence electrons. The van der Waals surface area contributed by atoms with Crippen molar-refractivity contribution in [1.82, 2.24) is 14.6 Å². The lowest BCUT2D eigenvalue weighted by Gasteiger charge is -2.03. The summed E-state index contributed by atoms with van der Waals surface area (Å²) in [6.45, 7) is 0. The molecule has 0 fully saturated rings. The van der Waals surface area contributed by atoms with E-state index in [-0.39, 0.29) is 5.82 Å². The highest BCUT2D eigenvalue weighted by Crippen LogP contribution is 2.16. The van der Waals surface area contributed by atoms with Crippen LogP contribution in [0.3, 0.4) is 0 Å². The molecule has 0 aliphatic heterocycles. The van der Waals surface area contributed by atoms with E-state index < -0.39 is 0 Å². The van der Waals surface area contributed by atoms with Crippen LogP contribution in [0.1, 0.15) is 0 Å². The quantitative estimate of drug-likeness (QED) is 0.733. The van der Waals surface area contributed by atoms with Gasteiger partial charge in [-0.05, 0) is 30.3 Å². The Labute approximate surface area is 96.7 Å². The Balaban J connectivity index is 2.00. The molecular weight excluding hydrogens is 219 g/mol. The first kappa shape index (κ1) is 9.77. The van der Waals surface area contributed by atoms with Gasteiger partial charge in [0.15, 0.2) is 5.65 Å². The van der Waals surface area contributed by atoms with Crippen LogP contribution in [0.15, 0.2) is 48.7 Å². The Kier molecular flexibility index (Phi) is 2.22. The fourth-order valence-corrected chi connectivity index (χ4v) is 1.62. The fraction of sp³-hybridized carbons (Fsp3) is 0. The van der Waals surface area contributed by atoms with Crippen molar-refractivity contribution >= 4 is 17.3 Å². The first-order valence-corrected chi connectivity index (χ1v) is 5.15. The number of nitrogens with zero attached hydrogens (tertiary/aromatic N) is 3. The molecule has 1 aromatic carbocycles. The maximum Gasteiger partial charge on any atom is 0.233 e. The van der Waals surface area contributed by atoms with Gasteiger partial charge in [-0.25, -0.2) is 4.39 Å². The Morgan fingerprint density at radius 2 is 2.00 bits per heavy atom. The second kappa shape index (κ2) is 3.86. The van der Waals surface area contributed by atoms with Crippen LogP contribution < -0.4 is 5.32 Å². The van der Waals surface area contributed by atoms with Gasteiger partial charge in [0, 0.05) is 11.9 Å². The number of benzene rings is 1. The number of fused-ring (bicyclic) bond motifs is 1. The van der Waals surface area contributed by atoms with Crippen molar-refractivity contribution in [2.45, 2.75) is 0 Å². The molecule has 0 amide bonds. The van der Waals surface area contributed by atoms with Crippen molar-refractivity contribution in [3.8, 4) is 0 Å². The van der Waals surface area contributed by atoms with E-state index >= 15 is 0 Å². The van der Waals surface area contributed by atoms with Gasteiger partial charge in [-0.15, -0.1) is 10.2 Å². The number of rotatable bonds is 2. The normalized spacial score (nSPS) is 10.6. The summed E-state index contributed by atoms with van der Waals surface area (Å²) in [4.78, 5) is 0. The van der Waals surface area contributed by atoms with Gasteiger partial charge in [0.2, 0.25) is 5.95 Å². The smallest absolute Gasteiger partial charge is 0.233 e. The molecule has 4 nitrogen and oxygen atoms in total. The Morgan fingerprint density at radius 3 is 2.88 bits per heavy atom. The SMILES string of the molecule is Fc1cccc(Nc2nnc3ccccn23)c1. The molecule has 3 aromatic rings. The van der Waals surface area contributed by atoms with Crippen molar-refractivity contribution in [3.05, 3.63) is 54.5 Å². The average molecular weight is 228 g/mol. The number of aromatic nitrogens is 3. The average Bonchev–Trinajstić information content (AvgIpc) is 2.73. The number of anilines is 2. The van der Waals surface area contributed by atoms with Crippen LogP contribution in [0.25, 0.3) is 5.65 Å². The second-order valence-electron chi connectivity index (χ2n) is 3.59. The van der Waals surface area contributed by atoms with E-state index in [1.165, 1.54) is 12.1 Å². The van der Waals surface area contributed by atoms with Crippen LogP contribution in [-0.4, -0.2) is 14.6 Å². The van der Waals surface area contributed by atoms with E-state index in [0.717, 1.165) is 5.65 Å². The number of hydrogen-bond acceptors (Lipinski definition) is 3. The third-order valence-electron chi connectivity index (χ3n) is 2.39. The predicted octanol–water partition coefficient (Wildman–Crippen LogP) is 2.61. The molecule has 0 saturated heterocycles. The highest BCUT2D eigenvalue weighted by Gasteiger charge is 2.04. The van der Waals surface area contributed by atoms with Crippen LogP contribution in [0.5, 0.6) is 0 Å². The zero-order valence-corrected chi connectivity index (χ0v) is 8.84. The molecule has 5 heteroatoms. The van der Waals surface area contributed by atoms with Gasteiger partial charge in [-0.3, -0.25) is 4.40 Å². The van der Waals surface area contributed by atoms with E-state index in [9.17, 15) is 4.39 Å². The predicted molar refractivity (Wildman–Crippen MR) is 62.7 cm³/mol. The standard InChI is InChI=1S/C12H9FN4/c13-9-4-3-5-10(8-9)14-12-16-15-11-6-1-2-7-17(11)12/h1-8H,(H,14,16). The van der Waals surface area contributed by atoms with Crippen molar-refractivity contribution < 1.29 is 4.39 Å². The molecule has 17 heavy (non-hydrogen) atoms. The van der Waals surface area contributed by atoms with Gasteiger partial charge in [0.25, 0.3) is 0 Å². The minimum Gasteiger partial charge on any atom is -0.324 e. The third-order valence-corrected chi connectivity index (χ3v) is 2.39. The highest BCUT2D eigenvalue weighted by atomic mass is 19.1. The maximum absolute atomic E-state index is 13.0. The lowest BCUT2D eigenvalue weighted by atomic mass is 10.3. The molecule has 0 aliphatic rings. The topological polar surface area (TPSA) is 42.2 Å². The molecule has 0 saturated carbocycles. The van der Waals surface area contributed by atoms with E-state index in [1.807, 2.05) is 24.4 Å².